The van der Waals surface area contributed by atoms with Gasteiger partial charge in [0.1, 0.15) is 0 Å². The fourth-order valence-electron chi connectivity index (χ4n) is 0.202. The molecule has 0 amide bonds. The molecule has 0 atom stereocenters. The summed E-state index contributed by atoms with van der Waals surface area (Å²) in [6.45, 7) is 0. The highest BCUT2D eigenvalue weighted by molar-refractivity contribution is 7.89. The molecule has 0 spiro atoms. The highest BCUT2D eigenvalue weighted by atomic mass is 32.2. The fourth-order valence-corrected chi connectivity index (χ4v) is 0.605. The van der Waals surface area contributed by atoms with Crippen molar-refractivity contribution < 1.29 is 27.4 Å². The van der Waals surface area contributed by atoms with Crippen molar-refractivity contribution >= 4 is 22.5 Å². The van der Waals surface area contributed by atoms with E-state index in [-0.39, 0.29) is 0 Å². The van der Waals surface area contributed by atoms with E-state index in [9.17, 15) is 27.4 Å². The van der Waals surface area contributed by atoms with Crippen LogP contribution in [0.25, 0.3) is 0 Å². The summed E-state index contributed by atoms with van der Waals surface area (Å²) in [7, 11) is -4.98. The molecule has 64 valence electrons. The summed E-state index contributed by atoms with van der Waals surface area (Å²) in [5, 5.41) is 18.7. The zero-order chi connectivity index (χ0) is 9.07. The van der Waals surface area contributed by atoms with Crippen LogP contribution in [0.1, 0.15) is 0 Å². The van der Waals surface area contributed by atoms with Crippen LogP contribution in [0.4, 0.5) is 8.78 Å². The van der Waals surface area contributed by atoms with Gasteiger partial charge in [0.25, 0.3) is 0 Å². The summed E-state index contributed by atoms with van der Waals surface area (Å²) in [6.07, 6.45) is -5.15. The molecule has 0 unspecified atom stereocenters. The van der Waals surface area contributed by atoms with E-state index in [0.717, 1.165) is 0 Å². The summed E-state index contributed by atoms with van der Waals surface area (Å²) < 4.78 is 45.7. The lowest BCUT2D eigenvalue weighted by Gasteiger charge is -1.97. The molecule has 0 saturated carbocycles. The van der Waals surface area contributed by atoms with Gasteiger partial charge in [-0.05, 0) is 0 Å². The number of rotatable bonds is 2. The first-order valence-corrected chi connectivity index (χ1v) is 3.33. The molecule has 0 aliphatic heterocycles. The standard InChI is InChI=1S/C2H2F2N2O4S/c3-1(7)5-11(9,10)6-2(4)8/h(H,5,7)(H,6,8)/p-2. The minimum Gasteiger partial charge on any atom is -0.836 e. The molecule has 0 heterocycles. The maximum Gasteiger partial charge on any atom is 0.366 e. The van der Waals surface area contributed by atoms with Crippen LogP contribution < -0.4 is 10.2 Å². The van der Waals surface area contributed by atoms with E-state index in [1.807, 2.05) is 0 Å². The SMILES string of the molecule is O=S(=O)(/N=C(\[O-])F)/N=C(\[O-])F. The summed E-state index contributed by atoms with van der Waals surface area (Å²) in [5.74, 6) is 0. The van der Waals surface area contributed by atoms with Crippen LogP contribution in [-0.2, 0) is 10.2 Å². The van der Waals surface area contributed by atoms with E-state index < -0.39 is 22.5 Å². The topological polar surface area (TPSA) is 105 Å². The molecular weight excluding hydrogens is 186 g/mol. The number of nitrogens with zero attached hydrogens (tertiary/aromatic N) is 2. The third kappa shape index (κ3) is 5.21. The van der Waals surface area contributed by atoms with Crippen LogP contribution in [0.15, 0.2) is 8.80 Å². The first-order chi connectivity index (χ1) is 4.83. The van der Waals surface area contributed by atoms with Crippen molar-refractivity contribution in [2.24, 2.45) is 8.80 Å². The summed E-state index contributed by atoms with van der Waals surface area (Å²) >= 11 is 0. The van der Waals surface area contributed by atoms with Crippen molar-refractivity contribution in [3.63, 3.8) is 0 Å². The lowest BCUT2D eigenvalue weighted by atomic mass is 11.5. The largest absolute Gasteiger partial charge is 0.836 e. The van der Waals surface area contributed by atoms with E-state index >= 15 is 0 Å². The van der Waals surface area contributed by atoms with Crippen molar-refractivity contribution in [1.82, 2.24) is 0 Å². The second-order valence-corrected chi connectivity index (χ2v) is 2.40. The average molecular weight is 186 g/mol. The van der Waals surface area contributed by atoms with Crippen molar-refractivity contribution in [3.05, 3.63) is 0 Å². The Bertz CT molecular complexity index is 261. The van der Waals surface area contributed by atoms with Gasteiger partial charge < -0.3 is 10.2 Å². The van der Waals surface area contributed by atoms with Crippen molar-refractivity contribution in [2.75, 3.05) is 0 Å². The lowest BCUT2D eigenvalue weighted by Crippen LogP contribution is -2.16. The molecular formula is C2F2N2O4S-2. The van der Waals surface area contributed by atoms with Crippen molar-refractivity contribution in [2.45, 2.75) is 0 Å². The van der Waals surface area contributed by atoms with E-state index in [4.69, 9.17) is 0 Å². The predicted octanol–water partition coefficient (Wildman–Crippen LogP) is -2.40. The molecule has 0 aromatic carbocycles. The second-order valence-electron chi connectivity index (χ2n) is 1.14. The minimum absolute atomic E-state index is 1.69. The molecule has 0 aliphatic carbocycles. The predicted molar refractivity (Wildman–Crippen MR) is 26.0 cm³/mol. The summed E-state index contributed by atoms with van der Waals surface area (Å²) in [4.78, 5) is 0. The second kappa shape index (κ2) is 3.23. The van der Waals surface area contributed by atoms with Gasteiger partial charge in [-0.15, -0.1) is 8.80 Å². The Labute approximate surface area is 59.7 Å². The molecule has 9 heteroatoms. The average Bonchev–Trinajstić information content (AvgIpc) is 1.53. The number of halogens is 2. The number of hydrogen-bond donors (Lipinski definition) is 0. The van der Waals surface area contributed by atoms with Gasteiger partial charge in [0, 0.05) is 0 Å². The van der Waals surface area contributed by atoms with Gasteiger partial charge in [0.2, 0.25) is 0 Å². The van der Waals surface area contributed by atoms with E-state index in [0.29, 0.717) is 0 Å². The Morgan fingerprint density at radius 1 is 1.09 bits per heavy atom. The van der Waals surface area contributed by atoms with Gasteiger partial charge in [0.05, 0.1) is 0 Å². The monoisotopic (exact) mass is 186 g/mol. The third-order valence-electron chi connectivity index (χ3n) is 0.374. The smallest absolute Gasteiger partial charge is 0.366 e. The van der Waals surface area contributed by atoms with Crippen molar-refractivity contribution in [3.8, 4) is 0 Å². The lowest BCUT2D eigenvalue weighted by molar-refractivity contribution is -0.233. The fraction of sp³-hybridized carbons (Fsp3) is 0. The Morgan fingerprint density at radius 2 is 1.36 bits per heavy atom. The van der Waals surface area contributed by atoms with Gasteiger partial charge in [-0.2, -0.15) is 8.42 Å². The highest BCUT2D eigenvalue weighted by Crippen LogP contribution is 1.94. The number of hydrogen-bond acceptors (Lipinski definition) is 4. The van der Waals surface area contributed by atoms with E-state index in [1.54, 1.807) is 8.80 Å². The quantitative estimate of drug-likeness (QED) is 0.354. The molecule has 11 heavy (non-hydrogen) atoms. The van der Waals surface area contributed by atoms with Gasteiger partial charge >= 0.3 is 10.2 Å². The maximum atomic E-state index is 11.2. The van der Waals surface area contributed by atoms with Crippen LogP contribution >= 0.6 is 0 Å². The zero-order valence-electron chi connectivity index (χ0n) is 4.69. The molecule has 0 bridgehead atoms. The molecule has 0 aromatic rings. The van der Waals surface area contributed by atoms with Gasteiger partial charge in [-0.3, -0.25) is 0 Å². The Balaban J connectivity index is 4.80. The zero-order valence-corrected chi connectivity index (χ0v) is 5.51. The molecule has 0 radical (unpaired) electrons. The van der Waals surface area contributed by atoms with Crippen LogP contribution in [0, 0.1) is 0 Å². The Hall–Kier alpha value is -1.25. The van der Waals surface area contributed by atoms with E-state index in [2.05, 4.69) is 0 Å². The first kappa shape index (κ1) is 9.75. The molecule has 6 nitrogen and oxygen atoms in total. The van der Waals surface area contributed by atoms with Crippen LogP contribution in [-0.4, -0.2) is 20.7 Å². The first-order valence-electron chi connectivity index (χ1n) is 1.93. The van der Waals surface area contributed by atoms with Crippen LogP contribution in [0.5, 0.6) is 0 Å². The normalized spacial score (nSPS) is 15.1. The van der Waals surface area contributed by atoms with Gasteiger partial charge in [0.15, 0.2) is 12.3 Å². The molecule has 0 fully saturated rings. The van der Waals surface area contributed by atoms with Gasteiger partial charge in [-0.1, -0.05) is 0 Å². The Kier molecular flexibility index (Phi) is 2.87. The molecule has 0 aromatic heterocycles. The summed E-state index contributed by atoms with van der Waals surface area (Å²) in [6, 6.07) is 0. The molecule has 0 aliphatic rings. The van der Waals surface area contributed by atoms with Crippen LogP contribution in [0.2, 0.25) is 0 Å². The minimum atomic E-state index is -4.98. The van der Waals surface area contributed by atoms with E-state index in [1.165, 1.54) is 0 Å². The van der Waals surface area contributed by atoms with Crippen molar-refractivity contribution in [1.29, 1.82) is 0 Å². The Morgan fingerprint density at radius 3 is 1.55 bits per heavy atom. The van der Waals surface area contributed by atoms with Gasteiger partial charge in [-0.25, -0.2) is 8.78 Å². The molecule has 0 saturated heterocycles. The third-order valence-corrected chi connectivity index (χ3v) is 1.12. The molecule has 0 N–H and O–H groups in total. The maximum absolute atomic E-state index is 11.2. The molecule has 0 rings (SSSR count). The summed E-state index contributed by atoms with van der Waals surface area (Å²) in [5.41, 5.74) is 0. The highest BCUT2D eigenvalue weighted by Gasteiger charge is 2.02. The van der Waals surface area contributed by atoms with Crippen LogP contribution in [0.3, 0.4) is 0 Å².